The first-order valence-corrected chi connectivity index (χ1v) is 50.6. The molecular formula is C141H93N9. The fourth-order valence-corrected chi connectivity index (χ4v) is 20.4. The molecule has 0 amide bonds. The Morgan fingerprint density at radius 2 is 0.273 bits per heavy atom. The molecule has 0 saturated carbocycles. The second-order valence-corrected chi connectivity index (χ2v) is 37.3. The minimum atomic E-state index is 0.673. The van der Waals surface area contributed by atoms with Crippen LogP contribution < -0.4 is 0 Å². The molecule has 27 aromatic rings. The molecule has 0 radical (unpaired) electrons. The van der Waals surface area contributed by atoms with Crippen LogP contribution in [0.3, 0.4) is 0 Å². The first kappa shape index (κ1) is 91.1. The molecule has 9 heteroatoms. The summed E-state index contributed by atoms with van der Waals surface area (Å²) in [5.74, 6) is 2.06. The zero-order valence-corrected chi connectivity index (χ0v) is 81.7. The van der Waals surface area contributed by atoms with Crippen molar-refractivity contribution in [2.45, 2.75) is 0 Å². The average Bonchev–Trinajstić information content (AvgIpc) is 0.744. The predicted octanol–water partition coefficient (Wildman–Crippen LogP) is 36.5. The van der Waals surface area contributed by atoms with Gasteiger partial charge in [-0.05, 0) is 103 Å². The van der Waals surface area contributed by atoms with Gasteiger partial charge >= 0.3 is 0 Å². The molecule has 0 aliphatic carbocycles. The number of aromatic nitrogens is 9. The maximum absolute atomic E-state index is 5.39. The topological polar surface area (TPSA) is 116 Å². The number of hydrogen-bond donors (Lipinski definition) is 0. The standard InChI is InChI=1S/C53H35N3.C47H31N3.C41H27N3/c1-5-14-36(15-6-1)38-24-28-41(29-25-38)48-35-49(56-53(55-48)43-30-26-39(27-31-43)37-16-7-2-8-17-37)44-32-33-46-50(34-44)54-52(42-20-11-4-12-21-42)47-23-13-22-45(51(46)47)40-18-9-3-10-19-40;1-5-14-32(15-6-1)33-24-26-37(27-25-33)47-49-42(35-18-9-3-10-19-35)31-43(50-47)38-28-29-40-44(30-38)48-46(36-20-11-4-12-21-36)41-23-13-22-39(45(40)41)34-16-7-2-8-17-34;1-5-14-28(15-6-1)33-22-13-23-35-39(33)34-25-24-32(26-38(34)42-40(35)30-18-9-3-10-19-30)37-27-36(29-16-7-2-8-17-29)43-41(44-37)31-20-11-4-12-21-31/h1-35H;1-31H;1-27H. The van der Waals surface area contributed by atoms with E-state index in [2.05, 4.69) is 479 Å². The van der Waals surface area contributed by atoms with Crippen molar-refractivity contribution in [3.8, 4) is 202 Å². The van der Waals surface area contributed by atoms with Crippen molar-refractivity contribution in [2.24, 2.45) is 0 Å². The van der Waals surface area contributed by atoms with Gasteiger partial charge in [-0.1, -0.05) is 528 Å². The van der Waals surface area contributed by atoms with Crippen molar-refractivity contribution in [3.05, 3.63) is 564 Å². The Morgan fingerprint density at radius 3 is 0.520 bits per heavy atom. The van der Waals surface area contributed by atoms with E-state index in [0.717, 1.165) is 184 Å². The van der Waals surface area contributed by atoms with Gasteiger partial charge in [0, 0.05) is 115 Å². The fourth-order valence-electron chi connectivity index (χ4n) is 20.4. The van der Waals surface area contributed by atoms with E-state index >= 15 is 0 Å². The van der Waals surface area contributed by atoms with Crippen molar-refractivity contribution >= 4 is 65.0 Å². The van der Waals surface area contributed by atoms with Gasteiger partial charge in [-0.3, -0.25) is 0 Å². The molecule has 150 heavy (non-hydrogen) atoms. The van der Waals surface area contributed by atoms with E-state index in [1.165, 1.54) is 66.2 Å². The number of fused-ring (bicyclic) bond motifs is 9. The molecule has 9 nitrogen and oxygen atoms in total. The monoisotopic (exact) mass is 1910 g/mol. The summed E-state index contributed by atoms with van der Waals surface area (Å²) < 4.78 is 0. The second kappa shape index (κ2) is 41.3. The molecule has 6 heterocycles. The molecule has 0 spiro atoms. The van der Waals surface area contributed by atoms with Crippen LogP contribution in [0.4, 0.5) is 0 Å². The third-order valence-corrected chi connectivity index (χ3v) is 27.9. The quantitative estimate of drug-likeness (QED) is 0.0774. The summed E-state index contributed by atoms with van der Waals surface area (Å²) in [5, 5.41) is 10.3. The van der Waals surface area contributed by atoms with Crippen molar-refractivity contribution in [1.82, 2.24) is 44.9 Å². The third-order valence-electron chi connectivity index (χ3n) is 27.9. The number of benzene rings is 21. The smallest absolute Gasteiger partial charge is 0.160 e. The van der Waals surface area contributed by atoms with E-state index in [0.29, 0.717) is 17.5 Å². The van der Waals surface area contributed by atoms with Crippen LogP contribution in [0.25, 0.3) is 267 Å². The van der Waals surface area contributed by atoms with Gasteiger partial charge in [0.2, 0.25) is 0 Å². The van der Waals surface area contributed by atoms with Crippen LogP contribution >= 0.6 is 0 Å². The molecule has 0 fully saturated rings. The molecule has 0 atom stereocenters. The van der Waals surface area contributed by atoms with Crippen molar-refractivity contribution in [3.63, 3.8) is 0 Å². The van der Waals surface area contributed by atoms with Crippen LogP contribution in [0.1, 0.15) is 0 Å². The molecule has 0 saturated heterocycles. The Kier molecular flexibility index (Phi) is 25.1. The molecule has 6 aromatic heterocycles. The summed E-state index contributed by atoms with van der Waals surface area (Å²) in [6.45, 7) is 0. The van der Waals surface area contributed by atoms with Gasteiger partial charge in [0.05, 0.1) is 67.8 Å². The zero-order valence-electron chi connectivity index (χ0n) is 81.7. The lowest BCUT2D eigenvalue weighted by Gasteiger charge is -2.15. The molecule has 0 unspecified atom stereocenters. The SMILES string of the molecule is c1ccc(-c2cc(-c3ccc4c(c3)nc(-c3ccccc3)c3cccc(-c5ccccc5)c34)nc(-c3ccccc3)n2)cc1.c1ccc(-c2ccc(-c3cc(-c4ccc5c(c4)nc(-c4ccccc4)c4cccc(-c6ccccc6)c45)nc(-c4ccc(-c5ccccc5)cc4)n3)cc2)cc1.c1ccc(-c2ccc(-c3nc(-c4ccccc4)cc(-c4ccc5c(c4)nc(-c4ccccc4)c4cccc(-c6ccccc6)c45)n3)cc2)cc1. The summed E-state index contributed by atoms with van der Waals surface area (Å²) in [5.41, 5.74) is 37.2. The van der Waals surface area contributed by atoms with Gasteiger partial charge in [0.25, 0.3) is 0 Å². The van der Waals surface area contributed by atoms with Crippen LogP contribution in [0.2, 0.25) is 0 Å². The summed E-state index contributed by atoms with van der Waals surface area (Å²) in [7, 11) is 0. The van der Waals surface area contributed by atoms with Crippen LogP contribution in [0.15, 0.2) is 564 Å². The zero-order chi connectivity index (χ0) is 99.8. The summed E-state index contributed by atoms with van der Waals surface area (Å²) in [6.07, 6.45) is 0. The number of hydrogen-bond acceptors (Lipinski definition) is 9. The van der Waals surface area contributed by atoms with E-state index in [9.17, 15) is 0 Å². The predicted molar refractivity (Wildman–Crippen MR) is 622 cm³/mol. The summed E-state index contributed by atoms with van der Waals surface area (Å²) in [4.78, 5) is 46.8. The molecule has 0 bridgehead atoms. The average molecular weight is 1910 g/mol. The van der Waals surface area contributed by atoms with E-state index in [-0.39, 0.29) is 0 Å². The fraction of sp³-hybridized carbons (Fsp3) is 0. The highest BCUT2D eigenvalue weighted by Gasteiger charge is 2.24. The maximum atomic E-state index is 5.39. The summed E-state index contributed by atoms with van der Waals surface area (Å²) in [6, 6.07) is 197. The molecule has 21 aromatic carbocycles. The molecule has 27 rings (SSSR count). The Labute approximate surface area is 870 Å². The van der Waals surface area contributed by atoms with E-state index in [4.69, 9.17) is 44.9 Å². The lowest BCUT2D eigenvalue weighted by atomic mass is 9.92. The van der Waals surface area contributed by atoms with E-state index in [1.807, 2.05) is 84.9 Å². The lowest BCUT2D eigenvalue weighted by molar-refractivity contribution is 1.18. The van der Waals surface area contributed by atoms with Gasteiger partial charge in [-0.15, -0.1) is 0 Å². The molecule has 0 aliphatic rings. The Morgan fingerprint density at radius 1 is 0.100 bits per heavy atom. The van der Waals surface area contributed by atoms with Crippen LogP contribution in [-0.2, 0) is 0 Å². The van der Waals surface area contributed by atoms with Gasteiger partial charge in [-0.25, -0.2) is 44.9 Å². The van der Waals surface area contributed by atoms with Crippen molar-refractivity contribution in [1.29, 1.82) is 0 Å². The van der Waals surface area contributed by atoms with Crippen molar-refractivity contribution in [2.75, 3.05) is 0 Å². The Balaban J connectivity index is 0.000000117. The van der Waals surface area contributed by atoms with Crippen molar-refractivity contribution < 1.29 is 0 Å². The van der Waals surface area contributed by atoms with Crippen LogP contribution in [-0.4, -0.2) is 44.9 Å². The number of rotatable bonds is 18. The van der Waals surface area contributed by atoms with Gasteiger partial charge in [0.1, 0.15) is 0 Å². The first-order chi connectivity index (χ1) is 74.3. The summed E-state index contributed by atoms with van der Waals surface area (Å²) >= 11 is 0. The normalized spacial score (nSPS) is 11.2. The number of nitrogens with zero attached hydrogens (tertiary/aromatic N) is 9. The largest absolute Gasteiger partial charge is 0.247 e. The number of pyridine rings is 3. The highest BCUT2D eigenvalue weighted by molar-refractivity contribution is 6.21. The highest BCUT2D eigenvalue weighted by atomic mass is 14.9. The minimum absolute atomic E-state index is 0.673. The molecular weight excluding hydrogens is 1820 g/mol. The van der Waals surface area contributed by atoms with Crippen LogP contribution in [0.5, 0.6) is 0 Å². The van der Waals surface area contributed by atoms with E-state index in [1.54, 1.807) is 0 Å². The van der Waals surface area contributed by atoms with Gasteiger partial charge < -0.3 is 0 Å². The maximum Gasteiger partial charge on any atom is 0.160 e. The second-order valence-electron chi connectivity index (χ2n) is 37.3. The van der Waals surface area contributed by atoms with E-state index < -0.39 is 0 Å². The lowest BCUT2D eigenvalue weighted by Crippen LogP contribution is -1.97. The Hall–Kier alpha value is -20.1. The third kappa shape index (κ3) is 18.8. The molecule has 0 aliphatic heterocycles. The van der Waals surface area contributed by atoms with Gasteiger partial charge in [0.15, 0.2) is 17.5 Å². The minimum Gasteiger partial charge on any atom is -0.247 e. The van der Waals surface area contributed by atoms with Gasteiger partial charge in [-0.2, -0.15) is 0 Å². The molecule has 0 N–H and O–H groups in total. The first-order valence-electron chi connectivity index (χ1n) is 50.6. The highest BCUT2D eigenvalue weighted by Crippen LogP contribution is 2.46. The molecule has 702 valence electrons. The van der Waals surface area contributed by atoms with Crippen LogP contribution in [0, 0.1) is 0 Å². The Bertz CT molecular complexity index is 9410.